The highest BCUT2D eigenvalue weighted by Crippen LogP contribution is 2.36. The van der Waals surface area contributed by atoms with Gasteiger partial charge >= 0.3 is 0 Å². The maximum Gasteiger partial charge on any atom is 0.259 e. The molecule has 0 saturated heterocycles. The van der Waals surface area contributed by atoms with E-state index in [0.717, 1.165) is 5.56 Å². The highest BCUT2D eigenvalue weighted by atomic mass is 16.7. The number of rotatable bonds is 2. The number of carbonyl (C=O) groups excluding carboxylic acids is 1. The highest BCUT2D eigenvalue weighted by molar-refractivity contribution is 6.06. The van der Waals surface area contributed by atoms with Gasteiger partial charge in [0.15, 0.2) is 11.5 Å². The number of ether oxygens (including phenoxy) is 2. The first-order chi connectivity index (χ1) is 11.2. The van der Waals surface area contributed by atoms with Crippen molar-refractivity contribution in [2.24, 2.45) is 0 Å². The maximum atomic E-state index is 12.2. The molecule has 0 fully saturated rings. The summed E-state index contributed by atoms with van der Waals surface area (Å²) in [6.07, 6.45) is 0. The van der Waals surface area contributed by atoms with Crippen LogP contribution in [-0.4, -0.2) is 29.9 Å². The lowest BCUT2D eigenvalue weighted by Crippen LogP contribution is -2.18. The lowest BCUT2D eigenvalue weighted by Gasteiger charge is -2.06. The fraction of sp³-hybridized carbons (Fsp3) is 0.188. The van der Waals surface area contributed by atoms with E-state index < -0.39 is 0 Å². The second-order valence-electron chi connectivity index (χ2n) is 5.15. The summed E-state index contributed by atoms with van der Waals surface area (Å²) in [5.74, 6) is 1.13. The Morgan fingerprint density at radius 2 is 2.04 bits per heavy atom. The van der Waals surface area contributed by atoms with Crippen molar-refractivity contribution in [3.8, 4) is 22.8 Å². The lowest BCUT2D eigenvalue weighted by molar-refractivity contribution is 0.0964. The van der Waals surface area contributed by atoms with Crippen LogP contribution in [0.1, 0.15) is 16.1 Å². The van der Waals surface area contributed by atoms with Crippen molar-refractivity contribution in [1.82, 2.24) is 15.5 Å². The Balaban J connectivity index is 1.92. The number of nitrogens with zero attached hydrogens (tertiary/aromatic N) is 2. The normalized spacial score (nSPS) is 12.6. The fourth-order valence-corrected chi connectivity index (χ4v) is 2.61. The van der Waals surface area contributed by atoms with Gasteiger partial charge in [-0.2, -0.15) is 0 Å². The predicted molar refractivity (Wildman–Crippen MR) is 81.5 cm³/mol. The minimum atomic E-state index is -0.217. The monoisotopic (exact) mass is 311 g/mol. The Morgan fingerprint density at radius 3 is 2.87 bits per heavy atom. The maximum absolute atomic E-state index is 12.2. The van der Waals surface area contributed by atoms with Gasteiger partial charge in [-0.1, -0.05) is 5.16 Å². The smallest absolute Gasteiger partial charge is 0.259 e. The first-order valence-corrected chi connectivity index (χ1v) is 7.06. The molecule has 1 aromatic carbocycles. The van der Waals surface area contributed by atoms with Crippen LogP contribution in [0.5, 0.6) is 11.5 Å². The summed E-state index contributed by atoms with van der Waals surface area (Å²) in [6, 6.07) is 7.23. The molecule has 0 unspecified atom stereocenters. The van der Waals surface area contributed by atoms with Gasteiger partial charge in [0.1, 0.15) is 0 Å². The van der Waals surface area contributed by atoms with Crippen LogP contribution < -0.4 is 14.8 Å². The molecule has 1 N–H and O–H groups in total. The molecule has 1 aliphatic rings. The van der Waals surface area contributed by atoms with Gasteiger partial charge in [-0.3, -0.25) is 4.79 Å². The summed E-state index contributed by atoms with van der Waals surface area (Å²) in [7, 11) is 1.58. The summed E-state index contributed by atoms with van der Waals surface area (Å²) in [6.45, 7) is 1.98. The second kappa shape index (κ2) is 4.98. The number of pyridine rings is 1. The SMILES string of the molecule is CNC(=O)c1cc(-c2ccc3c(c2)OCO3)nc2onc(C)c12. The van der Waals surface area contributed by atoms with Crippen molar-refractivity contribution in [2.75, 3.05) is 13.8 Å². The zero-order valence-electron chi connectivity index (χ0n) is 12.5. The number of hydrogen-bond acceptors (Lipinski definition) is 6. The predicted octanol–water partition coefficient (Wildman–Crippen LogP) is 2.29. The van der Waals surface area contributed by atoms with E-state index in [9.17, 15) is 4.79 Å². The molecule has 0 spiro atoms. The molecule has 23 heavy (non-hydrogen) atoms. The van der Waals surface area contributed by atoms with Crippen molar-refractivity contribution < 1.29 is 18.8 Å². The average molecular weight is 311 g/mol. The zero-order valence-corrected chi connectivity index (χ0v) is 12.5. The molecule has 0 atom stereocenters. The molecule has 3 heterocycles. The van der Waals surface area contributed by atoms with Gasteiger partial charge in [0.2, 0.25) is 6.79 Å². The van der Waals surface area contributed by atoms with Crippen molar-refractivity contribution >= 4 is 17.0 Å². The summed E-state index contributed by atoms with van der Waals surface area (Å²) in [5.41, 5.74) is 2.84. The molecule has 4 rings (SSSR count). The van der Waals surface area contributed by atoms with E-state index in [1.54, 1.807) is 20.0 Å². The van der Waals surface area contributed by atoms with Gasteiger partial charge in [-0.25, -0.2) is 4.98 Å². The molecule has 2 aromatic heterocycles. The van der Waals surface area contributed by atoms with Crippen molar-refractivity contribution in [3.05, 3.63) is 35.5 Å². The zero-order chi connectivity index (χ0) is 16.0. The van der Waals surface area contributed by atoms with Gasteiger partial charge in [0, 0.05) is 12.6 Å². The number of benzene rings is 1. The summed E-state index contributed by atoms with van der Waals surface area (Å²) in [4.78, 5) is 16.7. The molecule has 116 valence electrons. The summed E-state index contributed by atoms with van der Waals surface area (Å²) < 4.78 is 15.9. The topological polar surface area (TPSA) is 86.5 Å². The largest absolute Gasteiger partial charge is 0.454 e. The first-order valence-electron chi connectivity index (χ1n) is 7.06. The molecule has 3 aromatic rings. The van der Waals surface area contributed by atoms with Gasteiger partial charge < -0.3 is 19.3 Å². The van der Waals surface area contributed by atoms with Crippen LogP contribution in [0.3, 0.4) is 0 Å². The van der Waals surface area contributed by atoms with Crippen LogP contribution in [0.4, 0.5) is 0 Å². The van der Waals surface area contributed by atoms with E-state index in [2.05, 4.69) is 15.5 Å². The van der Waals surface area contributed by atoms with Crippen LogP contribution in [0.15, 0.2) is 28.8 Å². The summed E-state index contributed by atoms with van der Waals surface area (Å²) in [5, 5.41) is 7.15. The van der Waals surface area contributed by atoms with Crippen LogP contribution in [0, 0.1) is 6.92 Å². The third-order valence-corrected chi connectivity index (χ3v) is 3.76. The van der Waals surface area contributed by atoms with Crippen LogP contribution in [0.2, 0.25) is 0 Å². The molecule has 1 amide bonds. The molecular weight excluding hydrogens is 298 g/mol. The molecule has 7 heteroatoms. The Hall–Kier alpha value is -3.09. The number of aryl methyl sites for hydroxylation is 1. The Labute approximate surface area is 131 Å². The second-order valence-corrected chi connectivity index (χ2v) is 5.15. The van der Waals surface area contributed by atoms with E-state index in [1.807, 2.05) is 18.2 Å². The van der Waals surface area contributed by atoms with Crippen molar-refractivity contribution in [2.45, 2.75) is 6.92 Å². The quantitative estimate of drug-likeness (QED) is 0.781. The molecule has 0 saturated carbocycles. The standard InChI is InChI=1S/C16H13N3O4/c1-8-14-10(15(20)17-2)6-11(18-16(14)23-19-8)9-3-4-12-13(5-9)22-7-21-12/h3-6H,7H2,1-2H3,(H,17,20). The van der Waals surface area contributed by atoms with Crippen LogP contribution in [-0.2, 0) is 0 Å². The number of carbonyl (C=O) groups is 1. The lowest BCUT2D eigenvalue weighted by atomic mass is 10.0. The summed E-state index contributed by atoms with van der Waals surface area (Å²) >= 11 is 0. The number of amides is 1. The molecule has 1 aliphatic heterocycles. The number of hydrogen-bond donors (Lipinski definition) is 1. The number of nitrogens with one attached hydrogen (secondary N) is 1. The molecule has 0 radical (unpaired) electrons. The Morgan fingerprint density at radius 1 is 1.22 bits per heavy atom. The van der Waals surface area contributed by atoms with Crippen molar-refractivity contribution in [3.63, 3.8) is 0 Å². The van der Waals surface area contributed by atoms with Gasteiger partial charge in [-0.05, 0) is 31.2 Å². The minimum absolute atomic E-state index is 0.204. The first kappa shape index (κ1) is 13.6. The van der Waals surface area contributed by atoms with Crippen LogP contribution >= 0.6 is 0 Å². The minimum Gasteiger partial charge on any atom is -0.454 e. The Bertz CT molecular complexity index is 932. The van der Waals surface area contributed by atoms with E-state index in [0.29, 0.717) is 39.6 Å². The van der Waals surface area contributed by atoms with E-state index in [4.69, 9.17) is 14.0 Å². The van der Waals surface area contributed by atoms with E-state index in [1.165, 1.54) is 0 Å². The Kier molecular flexibility index (Phi) is 2.94. The van der Waals surface area contributed by atoms with Crippen LogP contribution in [0.25, 0.3) is 22.4 Å². The third-order valence-electron chi connectivity index (χ3n) is 3.76. The number of aromatic nitrogens is 2. The highest BCUT2D eigenvalue weighted by Gasteiger charge is 2.20. The molecule has 7 nitrogen and oxygen atoms in total. The molecule has 0 aliphatic carbocycles. The molecular formula is C16H13N3O4. The van der Waals surface area contributed by atoms with Gasteiger partial charge in [-0.15, -0.1) is 0 Å². The van der Waals surface area contributed by atoms with E-state index >= 15 is 0 Å². The van der Waals surface area contributed by atoms with Gasteiger partial charge in [0.05, 0.1) is 22.3 Å². The number of fused-ring (bicyclic) bond motifs is 2. The van der Waals surface area contributed by atoms with Crippen molar-refractivity contribution in [1.29, 1.82) is 0 Å². The van der Waals surface area contributed by atoms with Gasteiger partial charge in [0.25, 0.3) is 11.6 Å². The molecule has 0 bridgehead atoms. The third kappa shape index (κ3) is 2.09. The fourth-order valence-electron chi connectivity index (χ4n) is 2.61. The van der Waals surface area contributed by atoms with E-state index in [-0.39, 0.29) is 12.7 Å². The average Bonchev–Trinajstić information content (AvgIpc) is 3.19.